The molecule has 3 N–H and O–H groups in total. The lowest BCUT2D eigenvalue weighted by atomic mass is 9.82. The molecule has 0 radical (unpaired) electrons. The third kappa shape index (κ3) is 14.3. The Balaban J connectivity index is 0.000000447. The van der Waals surface area contributed by atoms with E-state index in [2.05, 4.69) is 47.6 Å². The van der Waals surface area contributed by atoms with Gasteiger partial charge in [-0.15, -0.1) is 0 Å². The van der Waals surface area contributed by atoms with Gasteiger partial charge < -0.3 is 15.8 Å². The van der Waals surface area contributed by atoms with E-state index in [4.69, 9.17) is 10.5 Å². The molecule has 2 aromatic carbocycles. The smallest absolute Gasteiger partial charge is 0.369 e. The van der Waals surface area contributed by atoms with Gasteiger partial charge in [0.1, 0.15) is 5.60 Å². The van der Waals surface area contributed by atoms with Crippen LogP contribution in [0.5, 0.6) is 0 Å². The number of benzene rings is 2. The molecule has 1 aliphatic rings. The van der Waals surface area contributed by atoms with Crippen molar-refractivity contribution in [2.75, 3.05) is 12.4 Å². The molecule has 8 heteroatoms. The number of anilines is 1. The lowest BCUT2D eigenvalue weighted by Crippen LogP contribution is -2.30. The predicted molar refractivity (Wildman–Crippen MR) is 198 cm³/mol. The fourth-order valence-electron chi connectivity index (χ4n) is 5.22. The molecule has 1 heterocycles. The maximum absolute atomic E-state index is 13.1. The fraction of sp³-hybridized carbons (Fsp3) is 0.463. The van der Waals surface area contributed by atoms with Crippen LogP contribution >= 0.6 is 0 Å². The molecule has 4 rings (SSSR count). The summed E-state index contributed by atoms with van der Waals surface area (Å²) in [7, 11) is 1.82. The van der Waals surface area contributed by atoms with Gasteiger partial charge in [0.2, 0.25) is 0 Å². The van der Waals surface area contributed by atoms with Crippen molar-refractivity contribution in [2.45, 2.75) is 112 Å². The van der Waals surface area contributed by atoms with Gasteiger partial charge in [0.05, 0.1) is 11.3 Å². The Morgan fingerprint density at radius 2 is 1.67 bits per heavy atom. The van der Waals surface area contributed by atoms with Gasteiger partial charge in [-0.2, -0.15) is 13.2 Å². The van der Waals surface area contributed by atoms with Gasteiger partial charge in [-0.3, -0.25) is 9.78 Å². The van der Waals surface area contributed by atoms with E-state index in [0.29, 0.717) is 18.7 Å². The van der Waals surface area contributed by atoms with E-state index in [-0.39, 0.29) is 29.9 Å². The maximum Gasteiger partial charge on any atom is 0.416 e. The molecule has 1 aromatic heterocycles. The number of nitrogens with two attached hydrogens (primary N) is 1. The normalized spacial score (nSPS) is 14.1. The van der Waals surface area contributed by atoms with Gasteiger partial charge in [0, 0.05) is 43.7 Å². The summed E-state index contributed by atoms with van der Waals surface area (Å²) in [6, 6.07) is 19.7. The second-order valence-corrected chi connectivity index (χ2v) is 11.5. The van der Waals surface area contributed by atoms with Crippen molar-refractivity contribution in [2.24, 2.45) is 11.7 Å². The number of ketones is 1. The number of carbonyl (C=O) groups excluding carboxylic acids is 1. The van der Waals surface area contributed by atoms with Crippen LogP contribution in [0.3, 0.4) is 0 Å². The largest absolute Gasteiger partial charge is 0.416 e. The quantitative estimate of drug-likeness (QED) is 0.131. The highest BCUT2D eigenvalue weighted by Gasteiger charge is 2.37. The van der Waals surface area contributed by atoms with Crippen LogP contribution in [-0.2, 0) is 21.7 Å². The molecular weight excluding hydrogens is 623 g/mol. The Morgan fingerprint density at radius 3 is 2.20 bits per heavy atom. The molecule has 1 saturated carbocycles. The van der Waals surface area contributed by atoms with Crippen molar-refractivity contribution >= 4 is 11.5 Å². The predicted octanol–water partition coefficient (Wildman–Crippen LogP) is 11.2. The Morgan fingerprint density at radius 1 is 1.00 bits per heavy atom. The van der Waals surface area contributed by atoms with Crippen molar-refractivity contribution in [3.63, 3.8) is 0 Å². The number of carbonyl (C=O) groups is 1. The number of hydrogen-bond donors (Lipinski definition) is 2. The van der Waals surface area contributed by atoms with Crippen LogP contribution in [0.4, 0.5) is 18.9 Å². The van der Waals surface area contributed by atoms with Crippen LogP contribution in [0, 0.1) is 12.8 Å². The van der Waals surface area contributed by atoms with E-state index in [1.165, 1.54) is 30.4 Å². The third-order valence-electron chi connectivity index (χ3n) is 7.83. The highest BCUT2D eigenvalue weighted by atomic mass is 19.4. The zero-order valence-corrected chi connectivity index (χ0v) is 30.8. The molecule has 0 bridgehead atoms. The number of hydrogen-bond acceptors (Lipinski definition) is 5. The number of nitrogens with zero attached hydrogens (tertiary/aromatic N) is 1. The van der Waals surface area contributed by atoms with Crippen LogP contribution in [0.15, 0.2) is 96.5 Å². The zero-order chi connectivity index (χ0) is 36.9. The number of aromatic nitrogens is 1. The molecule has 3 aromatic rings. The van der Waals surface area contributed by atoms with Crippen molar-refractivity contribution in [3.05, 3.63) is 119 Å². The Kier molecular flexibility index (Phi) is 20.1. The van der Waals surface area contributed by atoms with Crippen LogP contribution in [0.1, 0.15) is 109 Å². The minimum absolute atomic E-state index is 0.0666. The second-order valence-electron chi connectivity index (χ2n) is 11.5. The molecule has 0 saturated heterocycles. The van der Waals surface area contributed by atoms with Gasteiger partial charge in [0.15, 0.2) is 5.78 Å². The second kappa shape index (κ2) is 22.8. The summed E-state index contributed by atoms with van der Waals surface area (Å²) in [6.07, 6.45) is 7.15. The fourth-order valence-corrected chi connectivity index (χ4v) is 5.22. The molecule has 1 unspecified atom stereocenters. The summed E-state index contributed by atoms with van der Waals surface area (Å²) >= 11 is 0. The van der Waals surface area contributed by atoms with E-state index < -0.39 is 11.7 Å². The molecule has 270 valence electrons. The summed E-state index contributed by atoms with van der Waals surface area (Å²) in [6.45, 7) is 13.9. The van der Waals surface area contributed by atoms with Crippen molar-refractivity contribution in [1.82, 2.24) is 4.98 Å². The highest BCUT2D eigenvalue weighted by Crippen LogP contribution is 2.43. The molecule has 0 amide bonds. The molecule has 1 aliphatic carbocycles. The number of ether oxygens (including phenoxy) is 1. The van der Waals surface area contributed by atoms with E-state index in [9.17, 15) is 18.0 Å². The van der Waals surface area contributed by atoms with Crippen LogP contribution < -0.4 is 11.1 Å². The molecule has 49 heavy (non-hydrogen) atoms. The number of allylic oxidation sites excluding steroid dienone is 4. The number of Topliss-reactive ketones (excluding diaryl/α,β-unsaturated/α-hetero) is 1. The van der Waals surface area contributed by atoms with E-state index in [0.717, 1.165) is 35.6 Å². The first-order valence-corrected chi connectivity index (χ1v) is 17.7. The Labute approximate surface area is 293 Å². The first-order valence-electron chi connectivity index (χ1n) is 17.7. The Hall–Kier alpha value is -3.75. The van der Waals surface area contributed by atoms with E-state index >= 15 is 0 Å². The zero-order valence-electron chi connectivity index (χ0n) is 30.8. The maximum atomic E-state index is 13.1. The van der Waals surface area contributed by atoms with Gasteiger partial charge in [-0.05, 0) is 73.9 Å². The third-order valence-corrected chi connectivity index (χ3v) is 7.83. The first kappa shape index (κ1) is 43.3. The number of halogens is 3. The first-order chi connectivity index (χ1) is 23.6. The molecule has 5 nitrogen and oxygen atoms in total. The Bertz CT molecular complexity index is 1430. The summed E-state index contributed by atoms with van der Waals surface area (Å²) in [4.78, 5) is 16.5. The average Bonchev–Trinajstić information content (AvgIpc) is 3.95. The van der Waals surface area contributed by atoms with Crippen molar-refractivity contribution in [3.8, 4) is 0 Å². The van der Waals surface area contributed by atoms with Gasteiger partial charge in [-0.1, -0.05) is 108 Å². The minimum Gasteiger partial charge on any atom is -0.369 e. The molecule has 1 atom stereocenters. The summed E-state index contributed by atoms with van der Waals surface area (Å²) in [5.41, 5.74) is 9.31. The van der Waals surface area contributed by atoms with E-state index in [1.54, 1.807) is 38.1 Å². The average molecular weight is 682 g/mol. The SMILES string of the molecule is CC.CC.CC/C=C(/C=C(\Nc1cccc(CN)c1)C(=O)CCC)C(F)(F)F.COC(CCC1CC1)(c1cccnc1)c1cccc(C)c1. The van der Waals surface area contributed by atoms with E-state index in [1.807, 2.05) is 53.3 Å². The summed E-state index contributed by atoms with van der Waals surface area (Å²) in [5, 5.41) is 2.81. The summed E-state index contributed by atoms with van der Waals surface area (Å²) in [5.74, 6) is 0.530. The van der Waals surface area contributed by atoms with Gasteiger partial charge in [0.25, 0.3) is 0 Å². The molecule has 0 spiro atoms. The number of pyridine rings is 1. The van der Waals surface area contributed by atoms with Crippen molar-refractivity contribution < 1.29 is 22.7 Å². The topological polar surface area (TPSA) is 77.2 Å². The number of rotatable bonds is 14. The highest BCUT2D eigenvalue weighted by molar-refractivity contribution is 5.98. The molecule has 0 aliphatic heterocycles. The lowest BCUT2D eigenvalue weighted by molar-refractivity contribution is -0.115. The number of methoxy groups -OCH3 is 1. The van der Waals surface area contributed by atoms with Crippen LogP contribution in [-0.4, -0.2) is 24.1 Å². The molecular formula is C41H58F3N3O2. The monoisotopic (exact) mass is 681 g/mol. The number of nitrogens with one attached hydrogen (secondary N) is 1. The number of alkyl halides is 3. The van der Waals surface area contributed by atoms with Crippen LogP contribution in [0.2, 0.25) is 0 Å². The standard InChI is InChI=1S/C19H23NO.C18H23F3N2O.2C2H6/c1-15-5-3-6-17(13-15)19(21-2,11-10-16-8-9-16)18-7-4-12-20-14-18;1-3-6-14(18(19,20)21)11-16(17(24)7-4-2)23-15-9-5-8-13(10-15)12-22;2*1-2/h3-7,12-14,16H,8-11H2,1-2H3;5-6,8-11,23H,3-4,7,12,22H2,1-2H3;2*1-2H3/b;14-6-,16-11-;;. The number of aryl methyl sites for hydroxylation is 1. The lowest BCUT2D eigenvalue weighted by Gasteiger charge is -2.34. The summed E-state index contributed by atoms with van der Waals surface area (Å²) < 4.78 is 45.4. The van der Waals surface area contributed by atoms with Gasteiger partial charge in [-0.25, -0.2) is 0 Å². The molecule has 1 fully saturated rings. The van der Waals surface area contributed by atoms with Crippen molar-refractivity contribution in [1.29, 1.82) is 0 Å². The van der Waals surface area contributed by atoms with Gasteiger partial charge >= 0.3 is 6.18 Å². The van der Waals surface area contributed by atoms with Crippen LogP contribution in [0.25, 0.3) is 0 Å². The minimum atomic E-state index is -4.51.